The lowest BCUT2D eigenvalue weighted by Gasteiger charge is -2.44. The van der Waals surface area contributed by atoms with Crippen LogP contribution in [0.5, 0.6) is 11.5 Å². The van der Waals surface area contributed by atoms with E-state index in [-0.39, 0.29) is 30.0 Å². The van der Waals surface area contributed by atoms with Crippen LogP contribution in [-0.4, -0.2) is 54.9 Å². The first kappa shape index (κ1) is 37.3. The lowest BCUT2D eigenvalue weighted by molar-refractivity contribution is -0.377. The highest BCUT2D eigenvalue weighted by molar-refractivity contribution is 6.35. The number of benzene rings is 3. The maximum absolute atomic E-state index is 13.8. The molecule has 0 amide bonds. The summed E-state index contributed by atoms with van der Waals surface area (Å²) in [6.07, 6.45) is 4.86. The van der Waals surface area contributed by atoms with Crippen molar-refractivity contribution < 1.29 is 42.6 Å². The normalized spacial score (nSPS) is 21.1. The smallest absolute Gasteiger partial charge is 0.387 e. The number of nitrogens with zero attached hydrogens (tertiary/aromatic N) is 1. The Bertz CT molecular complexity index is 1840. The third-order valence-electron chi connectivity index (χ3n) is 10.1. The molecule has 4 aromatic rings. The van der Waals surface area contributed by atoms with Crippen molar-refractivity contribution in [2.24, 2.45) is 11.8 Å². The molecule has 4 fully saturated rings. The molecule has 3 aliphatic heterocycles. The number of carbonyl (C=O) groups is 1. The number of H-pyrrole nitrogens is 1. The number of hydrogen-bond acceptors (Lipinski definition) is 8. The van der Waals surface area contributed by atoms with Gasteiger partial charge in [-0.15, -0.1) is 0 Å². The summed E-state index contributed by atoms with van der Waals surface area (Å²) >= 11 is 13.1. The van der Waals surface area contributed by atoms with Crippen LogP contribution in [-0.2, 0) is 20.7 Å². The highest BCUT2D eigenvalue weighted by Gasteiger charge is 2.38. The quantitative estimate of drug-likeness (QED) is 0.0874. The summed E-state index contributed by atoms with van der Waals surface area (Å²) in [6.45, 7) is 0.136. The first-order valence-corrected chi connectivity index (χ1v) is 18.7. The molecule has 3 aromatic carbocycles. The Labute approximate surface area is 317 Å². The van der Waals surface area contributed by atoms with Crippen LogP contribution in [0, 0.1) is 11.8 Å². The summed E-state index contributed by atoms with van der Waals surface area (Å²) in [5.41, 5.74) is 2.79. The van der Waals surface area contributed by atoms with E-state index in [2.05, 4.69) is 15.2 Å². The second-order valence-electron chi connectivity index (χ2n) is 13.9. The monoisotopic (exact) mass is 768 g/mol. The predicted molar refractivity (Wildman–Crippen MR) is 195 cm³/mol. The van der Waals surface area contributed by atoms with Gasteiger partial charge in [0.15, 0.2) is 36.2 Å². The average molecular weight is 770 g/mol. The molecule has 4 atom stereocenters. The van der Waals surface area contributed by atoms with Crippen LogP contribution in [0.3, 0.4) is 0 Å². The van der Waals surface area contributed by atoms with Crippen LogP contribution >= 0.6 is 23.2 Å². The minimum absolute atomic E-state index is 0.104. The lowest BCUT2D eigenvalue weighted by Crippen LogP contribution is -2.52. The van der Waals surface area contributed by atoms with Crippen LogP contribution in [0.15, 0.2) is 85.2 Å². The largest absolute Gasteiger partial charge is 0.489 e. The van der Waals surface area contributed by atoms with Gasteiger partial charge < -0.3 is 29.4 Å². The van der Waals surface area contributed by atoms with Crippen molar-refractivity contribution in [1.82, 2.24) is 4.90 Å². The van der Waals surface area contributed by atoms with Gasteiger partial charge in [-0.25, -0.2) is 9.78 Å². The molecule has 1 aromatic heterocycles. The number of carbonyl (C=O) groups excluding carboxylic acids is 1. The molecule has 0 radical (unpaired) electrons. The highest BCUT2D eigenvalue weighted by atomic mass is 35.5. The van der Waals surface area contributed by atoms with Crippen molar-refractivity contribution in [1.29, 1.82) is 0 Å². The van der Waals surface area contributed by atoms with Crippen LogP contribution < -0.4 is 19.8 Å². The molecule has 1 saturated carbocycles. The van der Waals surface area contributed by atoms with E-state index in [4.69, 9.17) is 42.1 Å². The molecule has 3 saturated heterocycles. The number of aromatic nitrogens is 1. The van der Waals surface area contributed by atoms with Gasteiger partial charge in [0.05, 0.1) is 12.7 Å². The Morgan fingerprint density at radius 3 is 2.32 bits per heavy atom. The van der Waals surface area contributed by atoms with Gasteiger partial charge >= 0.3 is 12.6 Å². The fourth-order valence-electron chi connectivity index (χ4n) is 6.99. The van der Waals surface area contributed by atoms with E-state index >= 15 is 0 Å². The second kappa shape index (κ2) is 17.0. The Morgan fingerprint density at radius 2 is 1.64 bits per heavy atom. The number of aliphatic hydroxyl groups is 1. The fraction of sp³-hybridized carbons (Fsp3) is 0.400. The third kappa shape index (κ3) is 9.57. The SMILES string of the molecule is O=C(O[C@H]1CN2CCC1CC2)[C@H](Nc1cccc(C(O)O[C@@H](Cc2c(Cl)c[nH+]cc2Cl)c2ccc(OC(F)F)c(OCC3CC3)c2)c1)c1ccccc1. The van der Waals surface area contributed by atoms with Gasteiger partial charge in [0.1, 0.15) is 16.1 Å². The molecule has 0 spiro atoms. The summed E-state index contributed by atoms with van der Waals surface area (Å²) in [5, 5.41) is 15.6. The van der Waals surface area contributed by atoms with Crippen molar-refractivity contribution >= 4 is 34.9 Å². The zero-order chi connectivity index (χ0) is 36.9. The van der Waals surface area contributed by atoms with Gasteiger partial charge in [-0.05, 0) is 86.0 Å². The van der Waals surface area contributed by atoms with Gasteiger partial charge in [-0.3, -0.25) is 4.90 Å². The summed E-state index contributed by atoms with van der Waals surface area (Å²) < 4.78 is 49.7. The number of halogens is 4. The van der Waals surface area contributed by atoms with Crippen molar-refractivity contribution in [3.8, 4) is 11.5 Å². The summed E-state index contributed by atoms with van der Waals surface area (Å²) in [7, 11) is 0. The van der Waals surface area contributed by atoms with E-state index in [1.807, 2.05) is 30.3 Å². The molecule has 8 rings (SSSR count). The number of esters is 1. The second-order valence-corrected chi connectivity index (χ2v) is 14.7. The number of fused-ring (bicyclic) bond motifs is 3. The molecule has 1 unspecified atom stereocenters. The predicted octanol–water partition coefficient (Wildman–Crippen LogP) is 7.98. The number of nitrogens with one attached hydrogen (secondary N) is 2. The number of alkyl halides is 2. The van der Waals surface area contributed by atoms with Crippen LogP contribution in [0.2, 0.25) is 10.0 Å². The summed E-state index contributed by atoms with van der Waals surface area (Å²) in [5.74, 6) is 0.379. The molecule has 1 aliphatic carbocycles. The van der Waals surface area contributed by atoms with Gasteiger partial charge in [0, 0.05) is 29.8 Å². The minimum Gasteiger partial charge on any atom is -0.489 e. The molecule has 4 aliphatic rings. The molecule has 4 heterocycles. The Balaban J connectivity index is 1.13. The van der Waals surface area contributed by atoms with Crippen molar-refractivity contribution in [2.45, 2.75) is 63.3 Å². The van der Waals surface area contributed by atoms with E-state index in [0.29, 0.717) is 50.9 Å². The summed E-state index contributed by atoms with van der Waals surface area (Å²) in [4.78, 5) is 19.0. The Kier molecular flexibility index (Phi) is 12.0. The number of aromatic amines is 1. The fourth-order valence-corrected chi connectivity index (χ4v) is 7.53. The minimum atomic E-state index is -3.04. The van der Waals surface area contributed by atoms with Gasteiger partial charge in [-0.2, -0.15) is 8.78 Å². The molecule has 3 N–H and O–H groups in total. The highest BCUT2D eigenvalue weighted by Crippen LogP contribution is 2.39. The number of pyridine rings is 1. The van der Waals surface area contributed by atoms with Crippen LogP contribution in [0.4, 0.5) is 14.5 Å². The van der Waals surface area contributed by atoms with Crippen molar-refractivity contribution in [2.75, 3.05) is 31.6 Å². The number of aliphatic hydroxyl groups excluding tert-OH is 1. The molecule has 280 valence electrons. The van der Waals surface area contributed by atoms with Gasteiger partial charge in [0.2, 0.25) is 0 Å². The molecule has 13 heteroatoms. The number of hydrogen-bond donors (Lipinski definition) is 2. The van der Waals surface area contributed by atoms with Crippen LogP contribution in [0.1, 0.15) is 66.4 Å². The molecule has 9 nitrogen and oxygen atoms in total. The molecule has 2 bridgehead atoms. The standard InChI is InChI=1S/C40H41Cl2F2N3O6/c41-31-20-45-21-32(42)30(31)19-34(27-11-12-33(53-40(43)44)35(18-27)50-23-24-9-10-24)51-38(48)28-7-4-8-29(17-28)46-37(26-5-2-1-3-6-26)39(49)52-36-22-47-15-13-25(36)14-16-47/h1-8,11-12,17-18,20-21,24-25,34,36-38,40,46,48H,9-10,13-16,19,22-23H2/p+1/t34-,36-,37+,38?/m0/s1. The Hall–Kier alpha value is -4.00. The van der Waals surface area contributed by atoms with E-state index in [1.54, 1.807) is 48.8 Å². The van der Waals surface area contributed by atoms with E-state index in [9.17, 15) is 18.7 Å². The first-order chi connectivity index (χ1) is 25.7. The maximum atomic E-state index is 13.8. The molecule has 53 heavy (non-hydrogen) atoms. The van der Waals surface area contributed by atoms with Crippen LogP contribution in [0.25, 0.3) is 0 Å². The Morgan fingerprint density at radius 1 is 0.906 bits per heavy atom. The first-order valence-electron chi connectivity index (χ1n) is 17.9. The number of rotatable bonds is 16. The zero-order valence-corrected chi connectivity index (χ0v) is 30.4. The number of ether oxygens (including phenoxy) is 4. The molecular formula is C40H42Cl2F2N3O6+. The van der Waals surface area contributed by atoms with E-state index < -0.39 is 25.0 Å². The van der Waals surface area contributed by atoms with Crippen molar-refractivity contribution in [3.63, 3.8) is 0 Å². The topological polar surface area (TPSA) is 104 Å². The maximum Gasteiger partial charge on any atom is 0.387 e. The lowest BCUT2D eigenvalue weighted by atomic mass is 9.86. The van der Waals surface area contributed by atoms with Gasteiger partial charge in [-0.1, -0.05) is 71.7 Å². The molecular weight excluding hydrogens is 727 g/mol. The van der Waals surface area contributed by atoms with Gasteiger partial charge in [0.25, 0.3) is 0 Å². The average Bonchev–Trinajstić information content (AvgIpc) is 4.00. The number of piperidine rings is 3. The zero-order valence-electron chi connectivity index (χ0n) is 28.9. The number of anilines is 1. The third-order valence-corrected chi connectivity index (χ3v) is 10.8. The summed E-state index contributed by atoms with van der Waals surface area (Å²) in [6, 6.07) is 20.1. The van der Waals surface area contributed by atoms with E-state index in [1.165, 1.54) is 6.07 Å². The van der Waals surface area contributed by atoms with Crippen molar-refractivity contribution in [3.05, 3.63) is 117 Å². The van der Waals surface area contributed by atoms with E-state index in [0.717, 1.165) is 50.9 Å².